The molecule has 0 spiro atoms. The lowest BCUT2D eigenvalue weighted by Crippen LogP contribution is -2.46. The molecule has 2 nitrogen and oxygen atoms in total. The largest absolute Gasteiger partial charge is 0.330 e. The minimum Gasteiger partial charge on any atom is -0.330 e. The van der Waals surface area contributed by atoms with E-state index in [2.05, 4.69) is 47.8 Å². The quantitative estimate of drug-likeness (QED) is 0.761. The molecule has 1 saturated carbocycles. The normalized spacial score (nSPS) is 23.0. The molecule has 0 heterocycles. The second-order valence-corrected chi connectivity index (χ2v) is 7.41. The van der Waals surface area contributed by atoms with Crippen LogP contribution >= 0.6 is 24.0 Å². The highest BCUT2D eigenvalue weighted by Gasteiger charge is 2.36. The van der Waals surface area contributed by atoms with Crippen LogP contribution < -0.4 is 11.1 Å². The number of halogens is 2. The van der Waals surface area contributed by atoms with E-state index in [4.69, 9.17) is 17.3 Å². The van der Waals surface area contributed by atoms with Crippen LogP contribution in [0.25, 0.3) is 0 Å². The first kappa shape index (κ1) is 20.3. The molecule has 0 bridgehead atoms. The predicted molar refractivity (Wildman–Crippen MR) is 110 cm³/mol. The van der Waals surface area contributed by atoms with Gasteiger partial charge in [0, 0.05) is 23.0 Å². The van der Waals surface area contributed by atoms with E-state index >= 15 is 0 Å². The smallest absolute Gasteiger partial charge is 0.0408 e. The third-order valence-electron chi connectivity index (χ3n) is 5.36. The SMILES string of the molecule is Cl.NCC1(c2cccc(Cl)c2)CCCC(NCCc2ccccc2)C1. The van der Waals surface area contributed by atoms with E-state index in [1.807, 2.05) is 12.1 Å². The predicted octanol–water partition coefficient (Wildman–Crippen LogP) is 4.73. The minimum absolute atomic E-state index is 0. The van der Waals surface area contributed by atoms with Crippen LogP contribution in [0.5, 0.6) is 0 Å². The Kier molecular flexibility index (Phi) is 7.77. The van der Waals surface area contributed by atoms with Gasteiger partial charge in [-0.2, -0.15) is 0 Å². The fourth-order valence-corrected chi connectivity index (χ4v) is 4.18. The highest BCUT2D eigenvalue weighted by Crippen LogP contribution is 2.39. The Labute approximate surface area is 162 Å². The van der Waals surface area contributed by atoms with Crippen LogP contribution in [0.3, 0.4) is 0 Å². The maximum atomic E-state index is 6.23. The molecule has 0 aliphatic heterocycles. The first-order valence-electron chi connectivity index (χ1n) is 8.95. The Morgan fingerprint density at radius 3 is 2.64 bits per heavy atom. The molecule has 136 valence electrons. The van der Waals surface area contributed by atoms with Gasteiger partial charge in [-0.25, -0.2) is 0 Å². The highest BCUT2D eigenvalue weighted by molar-refractivity contribution is 6.30. The van der Waals surface area contributed by atoms with Crippen molar-refractivity contribution in [2.24, 2.45) is 5.73 Å². The van der Waals surface area contributed by atoms with Gasteiger partial charge in [0.05, 0.1) is 0 Å². The molecule has 0 saturated heterocycles. The molecule has 1 fully saturated rings. The third-order valence-corrected chi connectivity index (χ3v) is 5.60. The number of hydrogen-bond acceptors (Lipinski definition) is 2. The molecule has 2 aromatic carbocycles. The van der Waals surface area contributed by atoms with Crippen molar-refractivity contribution in [2.45, 2.75) is 43.6 Å². The molecule has 2 unspecified atom stereocenters. The lowest BCUT2D eigenvalue weighted by atomic mass is 9.68. The molecule has 3 N–H and O–H groups in total. The summed E-state index contributed by atoms with van der Waals surface area (Å²) in [4.78, 5) is 0. The van der Waals surface area contributed by atoms with E-state index < -0.39 is 0 Å². The maximum Gasteiger partial charge on any atom is 0.0408 e. The van der Waals surface area contributed by atoms with Gasteiger partial charge in [-0.05, 0) is 55.5 Å². The number of nitrogens with one attached hydrogen (secondary N) is 1. The van der Waals surface area contributed by atoms with Gasteiger partial charge in [-0.3, -0.25) is 0 Å². The van der Waals surface area contributed by atoms with Gasteiger partial charge in [-0.15, -0.1) is 12.4 Å². The second kappa shape index (κ2) is 9.59. The maximum absolute atomic E-state index is 6.23. The van der Waals surface area contributed by atoms with Crippen molar-refractivity contribution in [3.8, 4) is 0 Å². The van der Waals surface area contributed by atoms with E-state index in [1.165, 1.54) is 24.0 Å². The number of rotatable bonds is 6. The summed E-state index contributed by atoms with van der Waals surface area (Å²) in [5, 5.41) is 4.56. The standard InChI is InChI=1S/C21H27ClN2.ClH/c22-19-9-4-8-18(14-19)21(16-23)12-5-10-20(15-21)24-13-11-17-6-2-1-3-7-17;/h1-4,6-9,14,20,24H,5,10-13,15-16,23H2;1H. The van der Waals surface area contributed by atoms with Gasteiger partial charge in [0.1, 0.15) is 0 Å². The summed E-state index contributed by atoms with van der Waals surface area (Å²) in [6.45, 7) is 1.70. The summed E-state index contributed by atoms with van der Waals surface area (Å²) in [5.74, 6) is 0. The molecule has 4 heteroatoms. The second-order valence-electron chi connectivity index (χ2n) is 6.98. The average molecular weight is 379 g/mol. The van der Waals surface area contributed by atoms with Crippen molar-refractivity contribution in [3.63, 3.8) is 0 Å². The van der Waals surface area contributed by atoms with Crippen LogP contribution in [0.15, 0.2) is 54.6 Å². The first-order valence-corrected chi connectivity index (χ1v) is 9.33. The molecule has 0 amide bonds. The monoisotopic (exact) mass is 378 g/mol. The Morgan fingerprint density at radius 2 is 1.92 bits per heavy atom. The Morgan fingerprint density at radius 1 is 1.12 bits per heavy atom. The third kappa shape index (κ3) is 5.21. The molecule has 3 rings (SSSR count). The van der Waals surface area contributed by atoms with Crippen molar-refractivity contribution in [3.05, 3.63) is 70.7 Å². The number of benzene rings is 2. The summed E-state index contributed by atoms with van der Waals surface area (Å²) in [7, 11) is 0. The van der Waals surface area contributed by atoms with Crippen LogP contribution in [0.4, 0.5) is 0 Å². The van der Waals surface area contributed by atoms with Gasteiger partial charge < -0.3 is 11.1 Å². The van der Waals surface area contributed by atoms with Gasteiger partial charge in [0.2, 0.25) is 0 Å². The summed E-state index contributed by atoms with van der Waals surface area (Å²) in [6, 6.07) is 19.5. The molecule has 2 atom stereocenters. The van der Waals surface area contributed by atoms with Gasteiger partial charge >= 0.3 is 0 Å². The number of nitrogens with two attached hydrogens (primary N) is 1. The van der Waals surface area contributed by atoms with Crippen LogP contribution in [-0.2, 0) is 11.8 Å². The summed E-state index contributed by atoms with van der Waals surface area (Å²) < 4.78 is 0. The zero-order valence-electron chi connectivity index (χ0n) is 14.6. The highest BCUT2D eigenvalue weighted by atomic mass is 35.5. The van der Waals surface area contributed by atoms with Crippen molar-refractivity contribution in [1.29, 1.82) is 0 Å². The van der Waals surface area contributed by atoms with Crippen LogP contribution in [0.2, 0.25) is 5.02 Å². The van der Waals surface area contributed by atoms with Crippen molar-refractivity contribution < 1.29 is 0 Å². The minimum atomic E-state index is 0. The van der Waals surface area contributed by atoms with Crippen LogP contribution in [0.1, 0.15) is 36.8 Å². The fourth-order valence-electron chi connectivity index (χ4n) is 3.99. The van der Waals surface area contributed by atoms with Crippen LogP contribution in [-0.4, -0.2) is 19.1 Å². The van der Waals surface area contributed by atoms with E-state index in [0.29, 0.717) is 12.6 Å². The molecular weight excluding hydrogens is 351 g/mol. The fraction of sp³-hybridized carbons (Fsp3) is 0.429. The zero-order valence-corrected chi connectivity index (χ0v) is 16.2. The Bertz CT molecular complexity index is 647. The summed E-state index contributed by atoms with van der Waals surface area (Å²) in [5.41, 5.74) is 8.98. The summed E-state index contributed by atoms with van der Waals surface area (Å²) >= 11 is 6.21. The Balaban J connectivity index is 0.00000225. The van der Waals surface area contributed by atoms with E-state index in [9.17, 15) is 0 Å². The van der Waals surface area contributed by atoms with E-state index in [0.717, 1.165) is 30.8 Å². The lowest BCUT2D eigenvalue weighted by Gasteiger charge is -2.41. The summed E-state index contributed by atoms with van der Waals surface area (Å²) in [6.07, 6.45) is 5.77. The van der Waals surface area contributed by atoms with E-state index in [-0.39, 0.29) is 17.8 Å². The molecule has 1 aliphatic rings. The first-order chi connectivity index (χ1) is 11.7. The van der Waals surface area contributed by atoms with Crippen LogP contribution in [0, 0.1) is 0 Å². The molecule has 1 aliphatic carbocycles. The van der Waals surface area contributed by atoms with Gasteiger partial charge in [0.15, 0.2) is 0 Å². The van der Waals surface area contributed by atoms with Crippen molar-refractivity contribution in [1.82, 2.24) is 5.32 Å². The molecule has 0 radical (unpaired) electrons. The molecular formula is C21H28Cl2N2. The topological polar surface area (TPSA) is 38.0 Å². The molecule has 0 aromatic heterocycles. The van der Waals surface area contributed by atoms with Crippen molar-refractivity contribution >= 4 is 24.0 Å². The van der Waals surface area contributed by atoms with Gasteiger partial charge in [0.25, 0.3) is 0 Å². The van der Waals surface area contributed by atoms with E-state index in [1.54, 1.807) is 0 Å². The molecule has 2 aromatic rings. The average Bonchev–Trinajstić information content (AvgIpc) is 2.63. The zero-order chi connectivity index (χ0) is 16.8. The van der Waals surface area contributed by atoms with Crippen molar-refractivity contribution in [2.75, 3.05) is 13.1 Å². The number of hydrogen-bond donors (Lipinski definition) is 2. The lowest BCUT2D eigenvalue weighted by molar-refractivity contribution is 0.245. The Hall–Kier alpha value is -1.06. The van der Waals surface area contributed by atoms with Gasteiger partial charge in [-0.1, -0.05) is 60.5 Å². The molecule has 25 heavy (non-hydrogen) atoms.